The standard InChI is InChI=1S/C32H42FN3O2S/c1-23-8-13-39-29(23)21-36(20-24-4-6-28(33)7-5-24)30(37)22-35(12-11-34-9-2-3-10-34)31(38)32-17-25-14-26(18-32)16-27(15-25)19-32/h4-8,13,25-27H,2-3,9-12,14-22H2,1H3. The number of likely N-dealkylation sites (tertiary alicyclic amines) is 1. The van der Waals surface area contributed by atoms with Crippen LogP contribution in [0.5, 0.6) is 0 Å². The molecule has 5 nitrogen and oxygen atoms in total. The lowest BCUT2D eigenvalue weighted by atomic mass is 9.49. The molecule has 4 aliphatic carbocycles. The van der Waals surface area contributed by atoms with E-state index in [9.17, 15) is 14.0 Å². The van der Waals surface area contributed by atoms with E-state index in [2.05, 4.69) is 23.3 Å². The van der Waals surface area contributed by atoms with Crippen molar-refractivity contribution in [2.24, 2.45) is 23.2 Å². The average molecular weight is 552 g/mol. The maximum absolute atomic E-state index is 14.4. The number of halogens is 1. The van der Waals surface area contributed by atoms with Gasteiger partial charge in [-0.2, -0.15) is 0 Å². The summed E-state index contributed by atoms with van der Waals surface area (Å²) in [4.78, 5) is 35.9. The minimum atomic E-state index is -0.278. The SMILES string of the molecule is Cc1ccsc1CN(Cc1ccc(F)cc1)C(=O)CN(CCN1CCCC1)C(=O)C12CC3CC(CC(C3)C1)C2. The molecule has 5 aliphatic rings. The van der Waals surface area contributed by atoms with Crippen molar-refractivity contribution in [3.8, 4) is 0 Å². The van der Waals surface area contributed by atoms with Crippen LogP contribution >= 0.6 is 11.3 Å². The molecular formula is C32H42FN3O2S. The van der Waals surface area contributed by atoms with E-state index >= 15 is 0 Å². The summed E-state index contributed by atoms with van der Waals surface area (Å²) in [5.74, 6) is 2.00. The Morgan fingerprint density at radius 3 is 2.18 bits per heavy atom. The second-order valence-electron chi connectivity index (χ2n) is 12.9. The summed E-state index contributed by atoms with van der Waals surface area (Å²) in [6.45, 7) is 6.74. The third kappa shape index (κ3) is 5.95. The normalized spacial score (nSPS) is 27.7. The van der Waals surface area contributed by atoms with Gasteiger partial charge < -0.3 is 14.7 Å². The van der Waals surface area contributed by atoms with Crippen LogP contribution in [-0.4, -0.2) is 59.2 Å². The Kier molecular flexibility index (Phi) is 7.82. The van der Waals surface area contributed by atoms with Gasteiger partial charge in [0.15, 0.2) is 0 Å². The summed E-state index contributed by atoms with van der Waals surface area (Å²) in [6.07, 6.45) is 9.36. The Balaban J connectivity index is 1.23. The van der Waals surface area contributed by atoms with E-state index in [0.29, 0.717) is 37.4 Å². The first-order valence-corrected chi connectivity index (χ1v) is 15.8. The average Bonchev–Trinajstić information content (AvgIpc) is 3.58. The predicted octanol–water partition coefficient (Wildman–Crippen LogP) is 5.87. The molecule has 0 N–H and O–H groups in total. The Bertz CT molecular complexity index is 1140. The van der Waals surface area contributed by atoms with Gasteiger partial charge >= 0.3 is 0 Å². The first-order valence-electron chi connectivity index (χ1n) is 14.9. The molecule has 4 saturated carbocycles. The molecule has 2 amide bonds. The molecular weight excluding hydrogens is 509 g/mol. The lowest BCUT2D eigenvalue weighted by Crippen LogP contribution is -2.56. The van der Waals surface area contributed by atoms with E-state index in [-0.39, 0.29) is 29.6 Å². The van der Waals surface area contributed by atoms with Crippen molar-refractivity contribution in [1.82, 2.24) is 14.7 Å². The molecule has 0 radical (unpaired) electrons. The molecule has 210 valence electrons. The van der Waals surface area contributed by atoms with Crippen molar-refractivity contribution >= 4 is 23.2 Å². The van der Waals surface area contributed by atoms with Crippen molar-refractivity contribution < 1.29 is 14.0 Å². The van der Waals surface area contributed by atoms with Crippen LogP contribution in [-0.2, 0) is 22.7 Å². The Morgan fingerprint density at radius 1 is 0.949 bits per heavy atom. The molecule has 5 fully saturated rings. The second-order valence-corrected chi connectivity index (χ2v) is 13.9. The highest BCUT2D eigenvalue weighted by Gasteiger charge is 2.55. The number of carbonyl (C=O) groups excluding carboxylic acids is 2. The Hall–Kier alpha value is -2.25. The van der Waals surface area contributed by atoms with Gasteiger partial charge in [0.25, 0.3) is 0 Å². The largest absolute Gasteiger partial charge is 0.332 e. The summed E-state index contributed by atoms with van der Waals surface area (Å²) in [5, 5.41) is 2.06. The van der Waals surface area contributed by atoms with Crippen molar-refractivity contribution in [3.05, 3.63) is 57.5 Å². The summed E-state index contributed by atoms with van der Waals surface area (Å²) in [7, 11) is 0. The molecule has 4 bridgehead atoms. The number of hydrogen-bond donors (Lipinski definition) is 0. The van der Waals surface area contributed by atoms with Crippen LogP contribution in [0.25, 0.3) is 0 Å². The van der Waals surface area contributed by atoms with Crippen molar-refractivity contribution in [2.45, 2.75) is 71.4 Å². The van der Waals surface area contributed by atoms with E-state index in [1.165, 1.54) is 49.8 Å². The van der Waals surface area contributed by atoms with Gasteiger partial charge in [-0.05, 0) is 124 Å². The molecule has 0 atom stereocenters. The number of nitrogens with zero attached hydrogens (tertiary/aromatic N) is 3. The Labute approximate surface area is 236 Å². The van der Waals surface area contributed by atoms with Gasteiger partial charge in [-0.1, -0.05) is 12.1 Å². The van der Waals surface area contributed by atoms with Crippen molar-refractivity contribution in [3.63, 3.8) is 0 Å². The highest BCUT2D eigenvalue weighted by atomic mass is 32.1. The predicted molar refractivity (Wildman–Crippen MR) is 153 cm³/mol. The summed E-state index contributed by atoms with van der Waals surface area (Å²) >= 11 is 1.66. The number of amides is 2. The van der Waals surface area contributed by atoms with Gasteiger partial charge in [0.2, 0.25) is 11.8 Å². The highest BCUT2D eigenvalue weighted by molar-refractivity contribution is 7.10. The first-order chi connectivity index (χ1) is 18.9. The molecule has 7 heteroatoms. The van der Waals surface area contributed by atoms with E-state index in [0.717, 1.165) is 49.3 Å². The molecule has 7 rings (SSSR count). The minimum absolute atomic E-state index is 0.0216. The van der Waals surface area contributed by atoms with Crippen LogP contribution in [0.1, 0.15) is 67.4 Å². The third-order valence-electron chi connectivity index (χ3n) is 9.93. The van der Waals surface area contributed by atoms with E-state index in [4.69, 9.17) is 0 Å². The fourth-order valence-corrected chi connectivity index (χ4v) is 9.19. The van der Waals surface area contributed by atoms with Gasteiger partial charge in [-0.15, -0.1) is 11.3 Å². The molecule has 2 heterocycles. The number of rotatable bonds is 10. The topological polar surface area (TPSA) is 43.9 Å². The maximum Gasteiger partial charge on any atom is 0.242 e. The minimum Gasteiger partial charge on any atom is -0.332 e. The zero-order chi connectivity index (χ0) is 27.0. The summed E-state index contributed by atoms with van der Waals surface area (Å²) in [5.41, 5.74) is 1.81. The lowest BCUT2D eigenvalue weighted by molar-refractivity contribution is -0.160. The molecule has 1 aliphatic heterocycles. The fourth-order valence-electron chi connectivity index (χ4n) is 8.27. The smallest absolute Gasteiger partial charge is 0.242 e. The molecule has 2 aromatic rings. The van der Waals surface area contributed by atoms with Crippen LogP contribution in [0, 0.1) is 35.9 Å². The lowest BCUT2D eigenvalue weighted by Gasteiger charge is -2.56. The van der Waals surface area contributed by atoms with E-state index in [1.54, 1.807) is 23.5 Å². The quantitative estimate of drug-likeness (QED) is 0.371. The van der Waals surface area contributed by atoms with Gasteiger partial charge in [-0.25, -0.2) is 4.39 Å². The van der Waals surface area contributed by atoms with Crippen molar-refractivity contribution in [1.29, 1.82) is 0 Å². The highest BCUT2D eigenvalue weighted by Crippen LogP contribution is 2.60. The molecule has 39 heavy (non-hydrogen) atoms. The molecule has 1 aromatic heterocycles. The summed E-state index contributed by atoms with van der Waals surface area (Å²) < 4.78 is 13.6. The van der Waals surface area contributed by atoms with Crippen LogP contribution in [0.3, 0.4) is 0 Å². The van der Waals surface area contributed by atoms with Crippen LogP contribution in [0.4, 0.5) is 4.39 Å². The number of aryl methyl sites for hydroxylation is 1. The number of hydrogen-bond acceptors (Lipinski definition) is 4. The van der Waals surface area contributed by atoms with Crippen LogP contribution in [0.15, 0.2) is 35.7 Å². The van der Waals surface area contributed by atoms with Gasteiger partial charge in [0, 0.05) is 24.5 Å². The van der Waals surface area contributed by atoms with Crippen LogP contribution in [0.2, 0.25) is 0 Å². The van der Waals surface area contributed by atoms with E-state index in [1.807, 2.05) is 9.80 Å². The number of thiophene rings is 1. The molecule has 0 spiro atoms. The Morgan fingerprint density at radius 2 is 1.59 bits per heavy atom. The zero-order valence-electron chi connectivity index (χ0n) is 23.2. The maximum atomic E-state index is 14.4. The third-order valence-corrected chi connectivity index (χ3v) is 10.9. The van der Waals surface area contributed by atoms with Crippen molar-refractivity contribution in [2.75, 3.05) is 32.7 Å². The van der Waals surface area contributed by atoms with Gasteiger partial charge in [0.1, 0.15) is 5.82 Å². The first kappa shape index (κ1) is 26.9. The molecule has 1 saturated heterocycles. The number of benzene rings is 1. The molecule has 1 aromatic carbocycles. The molecule has 0 unspecified atom stereocenters. The monoisotopic (exact) mass is 551 g/mol. The van der Waals surface area contributed by atoms with Gasteiger partial charge in [-0.3, -0.25) is 9.59 Å². The number of carbonyl (C=O) groups is 2. The van der Waals surface area contributed by atoms with Crippen LogP contribution < -0.4 is 0 Å². The van der Waals surface area contributed by atoms with Gasteiger partial charge in [0.05, 0.1) is 18.5 Å². The second kappa shape index (κ2) is 11.3. The zero-order valence-corrected chi connectivity index (χ0v) is 24.1. The summed E-state index contributed by atoms with van der Waals surface area (Å²) in [6, 6.07) is 8.49. The fraction of sp³-hybridized carbons (Fsp3) is 0.625. The van der Waals surface area contributed by atoms with E-state index < -0.39 is 0 Å².